The first-order valence-corrected chi connectivity index (χ1v) is 6.31. The van der Waals surface area contributed by atoms with Gasteiger partial charge in [0.05, 0.1) is 4.92 Å². The van der Waals surface area contributed by atoms with E-state index in [0.717, 1.165) is 19.3 Å². The van der Waals surface area contributed by atoms with Gasteiger partial charge in [-0.2, -0.15) is 0 Å². The lowest BCUT2D eigenvalue weighted by molar-refractivity contribution is -0.383. The number of aliphatic hydroxyl groups excluding tert-OH is 1. The minimum absolute atomic E-state index is 0.0761. The fourth-order valence-corrected chi connectivity index (χ4v) is 2.71. The molecule has 0 amide bonds. The average molecular weight is 271 g/mol. The van der Waals surface area contributed by atoms with E-state index in [9.17, 15) is 15.2 Å². The summed E-state index contributed by atoms with van der Waals surface area (Å²) in [7, 11) is 0. The highest BCUT2D eigenvalue weighted by atomic mass is 35.5. The highest BCUT2D eigenvalue weighted by molar-refractivity contribution is 6.33. The lowest BCUT2D eigenvalue weighted by atomic mass is 10.0. The zero-order valence-corrected chi connectivity index (χ0v) is 10.6. The molecule has 5 nitrogen and oxygen atoms in total. The van der Waals surface area contributed by atoms with Crippen molar-refractivity contribution in [2.24, 2.45) is 5.92 Å². The number of nitrogens with zero attached hydrogens (tertiary/aromatic N) is 1. The molecule has 0 spiro atoms. The second kappa shape index (κ2) is 5.54. The molecule has 2 rings (SSSR count). The molecule has 0 heterocycles. The second-order valence-electron chi connectivity index (χ2n) is 4.52. The summed E-state index contributed by atoms with van der Waals surface area (Å²) in [6.45, 7) is 0.103. The largest absolute Gasteiger partial charge is 0.396 e. The van der Waals surface area contributed by atoms with Crippen LogP contribution in [0.3, 0.4) is 0 Å². The molecular weight excluding hydrogens is 256 g/mol. The molecule has 1 aliphatic carbocycles. The van der Waals surface area contributed by atoms with Crippen molar-refractivity contribution in [3.05, 3.63) is 33.3 Å². The lowest BCUT2D eigenvalue weighted by Crippen LogP contribution is -2.26. The average Bonchev–Trinajstić information content (AvgIpc) is 2.76. The molecule has 0 aromatic heterocycles. The zero-order chi connectivity index (χ0) is 13.1. The molecule has 1 aromatic carbocycles. The molecule has 0 bridgehead atoms. The summed E-state index contributed by atoms with van der Waals surface area (Å²) in [4.78, 5) is 10.5. The number of halogens is 1. The van der Waals surface area contributed by atoms with E-state index < -0.39 is 4.92 Å². The number of para-hydroxylation sites is 1. The Balaban J connectivity index is 2.23. The molecule has 1 aliphatic rings. The molecule has 1 fully saturated rings. The van der Waals surface area contributed by atoms with Crippen molar-refractivity contribution in [1.82, 2.24) is 0 Å². The maximum absolute atomic E-state index is 11.0. The van der Waals surface area contributed by atoms with Gasteiger partial charge in [-0.1, -0.05) is 24.1 Å². The van der Waals surface area contributed by atoms with Gasteiger partial charge in [0.2, 0.25) is 0 Å². The first-order chi connectivity index (χ1) is 8.63. The minimum Gasteiger partial charge on any atom is -0.396 e. The standard InChI is InChI=1S/C12H15ClN2O3/c13-9-4-2-6-11(12(9)15(17)18)14-10-5-1-3-8(10)7-16/h2,4,6,8,10,14,16H,1,3,5,7H2. The van der Waals surface area contributed by atoms with Crippen LogP contribution in [0, 0.1) is 16.0 Å². The summed E-state index contributed by atoms with van der Waals surface area (Å²) in [6.07, 6.45) is 2.88. The minimum atomic E-state index is -0.479. The third-order valence-electron chi connectivity index (χ3n) is 3.40. The Bertz CT molecular complexity index is 453. The van der Waals surface area contributed by atoms with E-state index in [1.165, 1.54) is 6.07 Å². The van der Waals surface area contributed by atoms with Gasteiger partial charge in [0.15, 0.2) is 0 Å². The van der Waals surface area contributed by atoms with E-state index in [2.05, 4.69) is 5.32 Å². The SMILES string of the molecule is O=[N+]([O-])c1c(Cl)cccc1NC1CCCC1CO. The molecule has 2 unspecified atom stereocenters. The maximum Gasteiger partial charge on any atom is 0.310 e. The molecule has 0 radical (unpaired) electrons. The van der Waals surface area contributed by atoms with Gasteiger partial charge in [-0.25, -0.2) is 0 Å². The predicted octanol–water partition coefficient (Wildman–Crippen LogP) is 2.82. The van der Waals surface area contributed by atoms with Crippen molar-refractivity contribution in [3.63, 3.8) is 0 Å². The number of rotatable bonds is 4. The quantitative estimate of drug-likeness (QED) is 0.652. The fraction of sp³-hybridized carbons (Fsp3) is 0.500. The van der Waals surface area contributed by atoms with Crippen LogP contribution in [-0.2, 0) is 0 Å². The molecule has 0 aliphatic heterocycles. The first-order valence-electron chi connectivity index (χ1n) is 5.93. The van der Waals surface area contributed by atoms with Crippen molar-refractivity contribution >= 4 is 23.0 Å². The number of nitrogens with one attached hydrogen (secondary N) is 1. The molecule has 2 N–H and O–H groups in total. The van der Waals surface area contributed by atoms with Gasteiger partial charge in [0.25, 0.3) is 0 Å². The Morgan fingerprint density at radius 2 is 2.28 bits per heavy atom. The summed E-state index contributed by atoms with van der Waals surface area (Å²) in [5, 5.41) is 23.5. The highest BCUT2D eigenvalue weighted by Crippen LogP contribution is 2.35. The summed E-state index contributed by atoms with van der Waals surface area (Å²) < 4.78 is 0. The Labute approximate surface area is 110 Å². The number of hydrogen-bond acceptors (Lipinski definition) is 4. The van der Waals surface area contributed by atoms with Crippen LogP contribution in [0.25, 0.3) is 0 Å². The first kappa shape index (κ1) is 13.1. The molecule has 6 heteroatoms. The zero-order valence-electron chi connectivity index (χ0n) is 9.80. The number of benzene rings is 1. The van der Waals surface area contributed by atoms with Crippen LogP contribution in [-0.4, -0.2) is 22.7 Å². The summed E-state index contributed by atoms with van der Waals surface area (Å²) in [5.41, 5.74) is 0.334. The van der Waals surface area contributed by atoms with Crippen LogP contribution in [0.1, 0.15) is 19.3 Å². The van der Waals surface area contributed by atoms with E-state index in [0.29, 0.717) is 5.69 Å². The maximum atomic E-state index is 11.0. The monoisotopic (exact) mass is 270 g/mol. The topological polar surface area (TPSA) is 75.4 Å². The number of anilines is 1. The van der Waals surface area contributed by atoms with Crippen molar-refractivity contribution in [2.45, 2.75) is 25.3 Å². The Morgan fingerprint density at radius 1 is 1.50 bits per heavy atom. The van der Waals surface area contributed by atoms with Gasteiger partial charge in [-0.05, 0) is 25.0 Å². The van der Waals surface area contributed by atoms with Gasteiger partial charge in [-0.15, -0.1) is 0 Å². The predicted molar refractivity (Wildman–Crippen MR) is 69.9 cm³/mol. The molecule has 18 heavy (non-hydrogen) atoms. The van der Waals surface area contributed by atoms with Gasteiger partial charge >= 0.3 is 5.69 Å². The van der Waals surface area contributed by atoms with Crippen molar-refractivity contribution in [1.29, 1.82) is 0 Å². The van der Waals surface area contributed by atoms with Crippen LogP contribution in [0.15, 0.2) is 18.2 Å². The van der Waals surface area contributed by atoms with Crippen LogP contribution in [0.2, 0.25) is 5.02 Å². The number of nitro benzene ring substituents is 1. The van der Waals surface area contributed by atoms with Crippen LogP contribution < -0.4 is 5.32 Å². The van der Waals surface area contributed by atoms with Crippen molar-refractivity contribution in [2.75, 3.05) is 11.9 Å². The Kier molecular flexibility index (Phi) is 4.04. The Hall–Kier alpha value is -1.33. The van der Waals surface area contributed by atoms with Crippen molar-refractivity contribution < 1.29 is 10.0 Å². The normalized spacial score (nSPS) is 23.0. The van der Waals surface area contributed by atoms with E-state index in [-0.39, 0.29) is 29.3 Å². The number of nitro groups is 1. The third kappa shape index (κ3) is 2.57. The smallest absolute Gasteiger partial charge is 0.310 e. The molecule has 1 aromatic rings. The van der Waals surface area contributed by atoms with Crippen LogP contribution in [0.5, 0.6) is 0 Å². The van der Waals surface area contributed by atoms with E-state index in [4.69, 9.17) is 11.6 Å². The Morgan fingerprint density at radius 3 is 2.94 bits per heavy atom. The van der Waals surface area contributed by atoms with E-state index >= 15 is 0 Å². The van der Waals surface area contributed by atoms with E-state index in [1.54, 1.807) is 12.1 Å². The number of hydrogen-bond donors (Lipinski definition) is 2. The van der Waals surface area contributed by atoms with E-state index in [1.807, 2.05) is 0 Å². The molecule has 0 saturated heterocycles. The van der Waals surface area contributed by atoms with Crippen LogP contribution >= 0.6 is 11.6 Å². The summed E-state index contributed by atoms with van der Waals surface area (Å²) in [6, 6.07) is 4.91. The molecule has 1 saturated carbocycles. The molecular formula is C12H15ClN2O3. The molecule has 2 atom stereocenters. The highest BCUT2D eigenvalue weighted by Gasteiger charge is 2.29. The summed E-state index contributed by atoms with van der Waals surface area (Å²) >= 11 is 5.85. The third-order valence-corrected chi connectivity index (χ3v) is 3.71. The van der Waals surface area contributed by atoms with Gasteiger partial charge in [0.1, 0.15) is 10.7 Å². The van der Waals surface area contributed by atoms with Gasteiger partial charge < -0.3 is 10.4 Å². The fourth-order valence-electron chi connectivity index (χ4n) is 2.46. The number of aliphatic hydroxyl groups is 1. The molecule has 98 valence electrons. The van der Waals surface area contributed by atoms with Gasteiger partial charge in [-0.3, -0.25) is 10.1 Å². The van der Waals surface area contributed by atoms with Crippen molar-refractivity contribution in [3.8, 4) is 0 Å². The van der Waals surface area contributed by atoms with Gasteiger partial charge in [0, 0.05) is 18.6 Å². The lowest BCUT2D eigenvalue weighted by Gasteiger charge is -2.20. The second-order valence-corrected chi connectivity index (χ2v) is 4.92. The van der Waals surface area contributed by atoms with Crippen LogP contribution in [0.4, 0.5) is 11.4 Å². The summed E-state index contributed by atoms with van der Waals surface area (Å²) in [5.74, 6) is 0.156.